The summed E-state index contributed by atoms with van der Waals surface area (Å²) >= 11 is 0. The molecule has 0 fully saturated rings. The third kappa shape index (κ3) is 3.48. The summed E-state index contributed by atoms with van der Waals surface area (Å²) in [4.78, 5) is 11.6. The molecule has 0 saturated heterocycles. The molecule has 0 bridgehead atoms. The molecule has 21 heavy (non-hydrogen) atoms. The third-order valence-electron chi connectivity index (χ3n) is 3.18. The number of hydrogen-bond acceptors (Lipinski definition) is 3. The van der Waals surface area contributed by atoms with Crippen LogP contribution in [0.15, 0.2) is 53.4 Å². The smallest absolute Gasteiger partial charge is 0.248 e. The average molecular weight is 304 g/mol. The van der Waals surface area contributed by atoms with Crippen molar-refractivity contribution in [2.45, 2.75) is 11.3 Å². The Bertz CT molecular complexity index is 753. The Morgan fingerprint density at radius 1 is 1.10 bits per heavy atom. The number of rotatable bonds is 5. The van der Waals surface area contributed by atoms with Crippen LogP contribution in [0.3, 0.4) is 0 Å². The number of hydrogen-bond donors (Lipinski definition) is 2. The molecule has 0 aromatic heterocycles. The molecule has 0 spiro atoms. The van der Waals surface area contributed by atoms with Crippen LogP contribution in [0.4, 0.5) is 0 Å². The second kappa shape index (κ2) is 6.07. The summed E-state index contributed by atoms with van der Waals surface area (Å²) in [5, 5.41) is 0. The topological polar surface area (TPSA) is 89.3 Å². The van der Waals surface area contributed by atoms with Crippen molar-refractivity contribution in [2.75, 3.05) is 7.05 Å². The second-order valence-corrected chi connectivity index (χ2v) is 6.44. The van der Waals surface area contributed by atoms with E-state index in [2.05, 4.69) is 4.72 Å². The molecule has 0 unspecified atom stereocenters. The van der Waals surface area contributed by atoms with E-state index < -0.39 is 15.9 Å². The quantitative estimate of drug-likeness (QED) is 0.872. The first-order chi connectivity index (χ1) is 9.94. The molecule has 0 aliphatic rings. The van der Waals surface area contributed by atoms with Crippen molar-refractivity contribution in [2.24, 2.45) is 5.73 Å². The number of amides is 1. The minimum absolute atomic E-state index is 0.205. The zero-order valence-electron chi connectivity index (χ0n) is 11.5. The lowest BCUT2D eigenvalue weighted by molar-refractivity contribution is 0.0999. The molecule has 2 aromatic carbocycles. The molecule has 0 aliphatic carbocycles. The third-order valence-corrected chi connectivity index (χ3v) is 4.61. The number of nitrogens with two attached hydrogens (primary N) is 1. The summed E-state index contributed by atoms with van der Waals surface area (Å²) in [5.74, 6) is -0.472. The Hall–Kier alpha value is -2.18. The fourth-order valence-electron chi connectivity index (χ4n) is 2.04. The first-order valence-corrected chi connectivity index (χ1v) is 7.82. The van der Waals surface area contributed by atoms with Gasteiger partial charge in [-0.05, 0) is 42.8 Å². The first kappa shape index (κ1) is 15.2. The van der Waals surface area contributed by atoms with Gasteiger partial charge in [-0.25, -0.2) is 13.1 Å². The summed E-state index contributed by atoms with van der Waals surface area (Å²) in [7, 11) is -2.07. The summed E-state index contributed by atoms with van der Waals surface area (Å²) in [6.45, 7) is 0. The van der Waals surface area contributed by atoms with Gasteiger partial charge < -0.3 is 5.73 Å². The Labute approximate surface area is 123 Å². The van der Waals surface area contributed by atoms with Crippen LogP contribution in [0.25, 0.3) is 0 Å². The standard InChI is InChI=1S/C15H16N2O3S/c1-17-21(19,20)13-8-6-11(7-9-13)10-12-4-2-3-5-14(12)15(16)18/h2-9,17H,10H2,1H3,(H2,16,18). The Kier molecular flexibility index (Phi) is 4.40. The molecular formula is C15H16N2O3S. The molecule has 0 heterocycles. The van der Waals surface area contributed by atoms with E-state index in [9.17, 15) is 13.2 Å². The lowest BCUT2D eigenvalue weighted by Crippen LogP contribution is -2.18. The van der Waals surface area contributed by atoms with Crippen molar-refractivity contribution in [3.05, 3.63) is 65.2 Å². The monoisotopic (exact) mass is 304 g/mol. The van der Waals surface area contributed by atoms with E-state index >= 15 is 0 Å². The van der Waals surface area contributed by atoms with E-state index in [0.29, 0.717) is 12.0 Å². The lowest BCUT2D eigenvalue weighted by atomic mass is 9.99. The zero-order chi connectivity index (χ0) is 15.5. The molecule has 3 N–H and O–H groups in total. The molecule has 0 atom stereocenters. The Morgan fingerprint density at radius 2 is 1.71 bits per heavy atom. The van der Waals surface area contributed by atoms with Gasteiger partial charge in [0.05, 0.1) is 4.90 Å². The van der Waals surface area contributed by atoms with Gasteiger partial charge in [-0.15, -0.1) is 0 Å². The van der Waals surface area contributed by atoms with Gasteiger partial charge in [-0.3, -0.25) is 4.79 Å². The van der Waals surface area contributed by atoms with Crippen LogP contribution in [0.2, 0.25) is 0 Å². The highest BCUT2D eigenvalue weighted by Gasteiger charge is 2.11. The Balaban J connectivity index is 2.28. The summed E-state index contributed by atoms with van der Waals surface area (Å²) in [5.41, 5.74) is 7.53. The highest BCUT2D eigenvalue weighted by molar-refractivity contribution is 7.89. The van der Waals surface area contributed by atoms with Gasteiger partial charge in [-0.2, -0.15) is 0 Å². The van der Waals surface area contributed by atoms with Crippen molar-refractivity contribution in [1.82, 2.24) is 4.72 Å². The van der Waals surface area contributed by atoms with E-state index in [0.717, 1.165) is 11.1 Å². The van der Waals surface area contributed by atoms with Crippen LogP contribution in [0.5, 0.6) is 0 Å². The average Bonchev–Trinajstić information content (AvgIpc) is 2.48. The van der Waals surface area contributed by atoms with E-state index in [4.69, 9.17) is 5.73 Å². The molecule has 6 heteroatoms. The minimum Gasteiger partial charge on any atom is -0.366 e. The molecule has 1 amide bonds. The van der Waals surface area contributed by atoms with Crippen molar-refractivity contribution in [3.63, 3.8) is 0 Å². The van der Waals surface area contributed by atoms with E-state index in [1.165, 1.54) is 19.2 Å². The van der Waals surface area contributed by atoms with Crippen LogP contribution in [0.1, 0.15) is 21.5 Å². The first-order valence-electron chi connectivity index (χ1n) is 6.34. The van der Waals surface area contributed by atoms with E-state index in [1.54, 1.807) is 24.3 Å². The molecule has 0 saturated carbocycles. The fraction of sp³-hybridized carbons (Fsp3) is 0.133. The predicted octanol–water partition coefficient (Wildman–Crippen LogP) is 1.28. The van der Waals surface area contributed by atoms with Crippen molar-refractivity contribution in [1.29, 1.82) is 0 Å². The number of primary amides is 1. The van der Waals surface area contributed by atoms with Gasteiger partial charge in [-0.1, -0.05) is 30.3 Å². The van der Waals surface area contributed by atoms with Gasteiger partial charge in [0, 0.05) is 5.56 Å². The molecule has 0 aliphatic heterocycles. The van der Waals surface area contributed by atoms with Gasteiger partial charge in [0.2, 0.25) is 15.9 Å². The number of nitrogens with one attached hydrogen (secondary N) is 1. The van der Waals surface area contributed by atoms with Crippen LogP contribution < -0.4 is 10.5 Å². The van der Waals surface area contributed by atoms with Crippen molar-refractivity contribution in [3.8, 4) is 0 Å². The maximum Gasteiger partial charge on any atom is 0.248 e. The van der Waals surface area contributed by atoms with Crippen LogP contribution in [-0.4, -0.2) is 21.4 Å². The summed E-state index contributed by atoms with van der Waals surface area (Å²) in [6, 6.07) is 13.6. The molecule has 2 rings (SSSR count). The van der Waals surface area contributed by atoms with Gasteiger partial charge >= 0.3 is 0 Å². The van der Waals surface area contributed by atoms with Gasteiger partial charge in [0.15, 0.2) is 0 Å². The minimum atomic E-state index is -3.43. The van der Waals surface area contributed by atoms with Crippen LogP contribution in [0, 0.1) is 0 Å². The highest BCUT2D eigenvalue weighted by atomic mass is 32.2. The highest BCUT2D eigenvalue weighted by Crippen LogP contribution is 2.16. The van der Waals surface area contributed by atoms with E-state index in [-0.39, 0.29) is 4.90 Å². The van der Waals surface area contributed by atoms with Gasteiger partial charge in [0.1, 0.15) is 0 Å². The maximum atomic E-state index is 11.6. The second-order valence-electron chi connectivity index (χ2n) is 4.55. The summed E-state index contributed by atoms with van der Waals surface area (Å²) in [6.07, 6.45) is 0.513. The van der Waals surface area contributed by atoms with Gasteiger partial charge in [0.25, 0.3) is 0 Å². The molecule has 5 nitrogen and oxygen atoms in total. The maximum absolute atomic E-state index is 11.6. The molecular weight excluding hydrogens is 288 g/mol. The number of carbonyl (C=O) groups excluding carboxylic acids is 1. The SMILES string of the molecule is CNS(=O)(=O)c1ccc(Cc2ccccc2C(N)=O)cc1. The molecule has 2 aromatic rings. The molecule has 0 radical (unpaired) electrons. The predicted molar refractivity (Wildman–Crippen MR) is 80.5 cm³/mol. The van der Waals surface area contributed by atoms with Crippen molar-refractivity contribution < 1.29 is 13.2 Å². The van der Waals surface area contributed by atoms with E-state index in [1.807, 2.05) is 12.1 Å². The molecule has 110 valence electrons. The van der Waals surface area contributed by atoms with Crippen molar-refractivity contribution >= 4 is 15.9 Å². The summed E-state index contributed by atoms with van der Waals surface area (Å²) < 4.78 is 25.5. The Morgan fingerprint density at radius 3 is 2.29 bits per heavy atom. The normalized spacial score (nSPS) is 11.3. The van der Waals surface area contributed by atoms with Crippen LogP contribution >= 0.6 is 0 Å². The number of benzene rings is 2. The largest absolute Gasteiger partial charge is 0.366 e. The fourth-order valence-corrected chi connectivity index (χ4v) is 2.77. The lowest BCUT2D eigenvalue weighted by Gasteiger charge is -2.08. The number of carbonyl (C=O) groups is 1. The number of sulfonamides is 1. The van der Waals surface area contributed by atoms with Crippen LogP contribution in [-0.2, 0) is 16.4 Å². The zero-order valence-corrected chi connectivity index (χ0v) is 12.4.